The second-order valence-corrected chi connectivity index (χ2v) is 9.35. The molecule has 8 nitrogen and oxygen atoms in total. The monoisotopic (exact) mass is 494 g/mol. The number of aromatic nitrogens is 1. The van der Waals surface area contributed by atoms with Crippen molar-refractivity contribution in [2.24, 2.45) is 0 Å². The van der Waals surface area contributed by atoms with Crippen molar-refractivity contribution in [1.29, 1.82) is 0 Å². The van der Waals surface area contributed by atoms with E-state index in [9.17, 15) is 14.4 Å². The van der Waals surface area contributed by atoms with E-state index in [-0.39, 0.29) is 43.1 Å². The normalized spacial score (nSPS) is 14.6. The highest BCUT2D eigenvalue weighted by Crippen LogP contribution is 2.25. The Morgan fingerprint density at radius 2 is 1.81 bits per heavy atom. The van der Waals surface area contributed by atoms with E-state index >= 15 is 0 Å². The van der Waals surface area contributed by atoms with Gasteiger partial charge in [-0.3, -0.25) is 14.4 Å². The van der Waals surface area contributed by atoms with E-state index in [0.717, 1.165) is 36.8 Å². The zero-order valence-electron chi connectivity index (χ0n) is 21.4. The van der Waals surface area contributed by atoms with Crippen molar-refractivity contribution < 1.29 is 19.1 Å². The summed E-state index contributed by atoms with van der Waals surface area (Å²) >= 11 is 0. The van der Waals surface area contributed by atoms with Crippen LogP contribution in [0.1, 0.15) is 68.5 Å². The molecule has 3 rings (SSSR count). The molecule has 2 N–H and O–H groups in total. The zero-order chi connectivity index (χ0) is 25.8. The lowest BCUT2D eigenvalue weighted by atomic mass is 9.94. The Kier molecular flexibility index (Phi) is 10.9. The minimum absolute atomic E-state index is 0.133. The standard InChI is InChI=1S/C28H38N4O4/c1-21-14-16-22(17-15-21)27(28(35)30-23-9-4-3-5-10-23)32(19-20-36-2)26(34)13-8-12-25(33)31-24-11-6-7-18-29-24/h6-7,11,14-18,23,27H,3-5,8-10,12-13,19-20H2,1-2H3,(H,30,35)(H,29,31,33)/t27-/m0/s1. The second kappa shape index (κ2) is 14.3. The first-order valence-electron chi connectivity index (χ1n) is 12.8. The fourth-order valence-corrected chi connectivity index (χ4v) is 4.52. The van der Waals surface area contributed by atoms with Gasteiger partial charge in [0.1, 0.15) is 11.9 Å². The summed E-state index contributed by atoms with van der Waals surface area (Å²) in [5, 5.41) is 5.94. The molecule has 0 spiro atoms. The van der Waals surface area contributed by atoms with E-state index in [1.165, 1.54) is 6.42 Å². The number of rotatable bonds is 12. The third-order valence-corrected chi connectivity index (χ3v) is 6.49. The van der Waals surface area contributed by atoms with Crippen molar-refractivity contribution in [1.82, 2.24) is 15.2 Å². The molecular formula is C28H38N4O4. The Balaban J connectivity index is 1.70. The maximum atomic E-state index is 13.6. The summed E-state index contributed by atoms with van der Waals surface area (Å²) in [4.78, 5) is 45.0. The lowest BCUT2D eigenvalue weighted by Crippen LogP contribution is -2.48. The highest BCUT2D eigenvalue weighted by atomic mass is 16.5. The molecule has 1 aliphatic rings. The van der Waals surface area contributed by atoms with Crippen LogP contribution in [0.25, 0.3) is 0 Å². The summed E-state index contributed by atoms with van der Waals surface area (Å²) in [6.45, 7) is 2.59. The maximum Gasteiger partial charge on any atom is 0.247 e. The molecule has 1 saturated carbocycles. The van der Waals surface area contributed by atoms with Crippen molar-refractivity contribution in [2.75, 3.05) is 25.6 Å². The third-order valence-electron chi connectivity index (χ3n) is 6.49. The smallest absolute Gasteiger partial charge is 0.247 e. The molecule has 3 amide bonds. The van der Waals surface area contributed by atoms with Crippen molar-refractivity contribution in [3.8, 4) is 0 Å². The van der Waals surface area contributed by atoms with Crippen LogP contribution in [0.5, 0.6) is 0 Å². The summed E-state index contributed by atoms with van der Waals surface area (Å²) < 4.78 is 5.27. The fraction of sp³-hybridized carbons (Fsp3) is 0.500. The van der Waals surface area contributed by atoms with E-state index in [1.54, 1.807) is 36.4 Å². The molecule has 36 heavy (non-hydrogen) atoms. The van der Waals surface area contributed by atoms with E-state index in [4.69, 9.17) is 4.74 Å². The number of carbonyl (C=O) groups is 3. The molecule has 2 aromatic rings. The molecule has 1 fully saturated rings. The lowest BCUT2D eigenvalue weighted by molar-refractivity contribution is -0.142. The van der Waals surface area contributed by atoms with Crippen molar-refractivity contribution in [3.63, 3.8) is 0 Å². The first-order valence-corrected chi connectivity index (χ1v) is 12.8. The Labute approximate surface area is 213 Å². The summed E-state index contributed by atoms with van der Waals surface area (Å²) in [5.74, 6) is -0.0606. The van der Waals surface area contributed by atoms with Crippen LogP contribution >= 0.6 is 0 Å². The first-order chi connectivity index (χ1) is 17.5. The average molecular weight is 495 g/mol. The Hall–Kier alpha value is -3.26. The highest BCUT2D eigenvalue weighted by molar-refractivity contribution is 5.91. The number of hydrogen-bond donors (Lipinski definition) is 2. The number of benzene rings is 1. The minimum Gasteiger partial charge on any atom is -0.383 e. The number of amides is 3. The molecule has 0 bridgehead atoms. The molecule has 1 aromatic heterocycles. The van der Waals surface area contributed by atoms with Gasteiger partial charge in [0.05, 0.1) is 6.61 Å². The minimum atomic E-state index is -0.752. The lowest BCUT2D eigenvalue weighted by Gasteiger charge is -2.33. The zero-order valence-corrected chi connectivity index (χ0v) is 21.4. The summed E-state index contributed by atoms with van der Waals surface area (Å²) in [6, 6.07) is 12.4. The van der Waals surface area contributed by atoms with Gasteiger partial charge < -0.3 is 20.3 Å². The molecule has 0 unspecified atom stereocenters. The number of ether oxygens (including phenoxy) is 1. The molecule has 1 heterocycles. The van der Waals surface area contributed by atoms with Crippen LogP contribution in [0.15, 0.2) is 48.7 Å². The molecular weight excluding hydrogens is 456 g/mol. The Morgan fingerprint density at radius 1 is 1.06 bits per heavy atom. The molecule has 194 valence electrons. The van der Waals surface area contributed by atoms with Gasteiger partial charge in [-0.2, -0.15) is 0 Å². The van der Waals surface area contributed by atoms with Gasteiger partial charge in [-0.25, -0.2) is 4.98 Å². The van der Waals surface area contributed by atoms with Gasteiger partial charge in [0.2, 0.25) is 17.7 Å². The number of nitrogens with one attached hydrogen (secondary N) is 2. The van der Waals surface area contributed by atoms with Gasteiger partial charge in [-0.15, -0.1) is 0 Å². The van der Waals surface area contributed by atoms with Crippen LogP contribution in [0.2, 0.25) is 0 Å². The van der Waals surface area contributed by atoms with E-state index in [2.05, 4.69) is 15.6 Å². The second-order valence-electron chi connectivity index (χ2n) is 9.35. The fourth-order valence-electron chi connectivity index (χ4n) is 4.52. The van der Waals surface area contributed by atoms with E-state index in [1.807, 2.05) is 31.2 Å². The average Bonchev–Trinajstić information content (AvgIpc) is 2.88. The van der Waals surface area contributed by atoms with Gasteiger partial charge in [0.25, 0.3) is 0 Å². The summed E-state index contributed by atoms with van der Waals surface area (Å²) in [6.07, 6.45) is 7.64. The third kappa shape index (κ3) is 8.45. The van der Waals surface area contributed by atoms with Crippen molar-refractivity contribution >= 4 is 23.5 Å². The van der Waals surface area contributed by atoms with Crippen LogP contribution in [-0.4, -0.2) is 53.9 Å². The largest absolute Gasteiger partial charge is 0.383 e. The number of methoxy groups -OCH3 is 1. The van der Waals surface area contributed by atoms with E-state index < -0.39 is 6.04 Å². The van der Waals surface area contributed by atoms with Crippen LogP contribution in [0.3, 0.4) is 0 Å². The number of carbonyl (C=O) groups excluding carboxylic acids is 3. The Morgan fingerprint density at radius 3 is 2.47 bits per heavy atom. The molecule has 0 aliphatic heterocycles. The molecule has 1 atom stereocenters. The molecule has 0 radical (unpaired) electrons. The predicted molar refractivity (Wildman–Crippen MR) is 139 cm³/mol. The summed E-state index contributed by atoms with van der Waals surface area (Å²) in [5.41, 5.74) is 1.85. The van der Waals surface area contributed by atoms with Gasteiger partial charge in [-0.1, -0.05) is 55.2 Å². The van der Waals surface area contributed by atoms with Crippen molar-refractivity contribution in [3.05, 3.63) is 59.8 Å². The molecule has 1 aromatic carbocycles. The van der Waals surface area contributed by atoms with Crippen LogP contribution in [-0.2, 0) is 19.1 Å². The van der Waals surface area contributed by atoms with E-state index in [0.29, 0.717) is 18.8 Å². The Bertz CT molecular complexity index is 975. The number of aryl methyl sites for hydroxylation is 1. The quantitative estimate of drug-likeness (QED) is 0.461. The molecule has 0 saturated heterocycles. The SMILES string of the molecule is COCCN(C(=O)CCCC(=O)Nc1ccccn1)[C@H](C(=O)NC1CCCCC1)c1ccc(C)cc1. The first kappa shape index (κ1) is 27.3. The number of pyridine rings is 1. The maximum absolute atomic E-state index is 13.6. The molecule has 8 heteroatoms. The van der Waals surface area contributed by atoms with Gasteiger partial charge in [-0.05, 0) is 43.9 Å². The van der Waals surface area contributed by atoms with Gasteiger partial charge in [0, 0.05) is 38.7 Å². The van der Waals surface area contributed by atoms with Gasteiger partial charge in [0.15, 0.2) is 0 Å². The highest BCUT2D eigenvalue weighted by Gasteiger charge is 2.32. The molecule has 1 aliphatic carbocycles. The van der Waals surface area contributed by atoms with Crippen LogP contribution in [0.4, 0.5) is 5.82 Å². The number of anilines is 1. The number of nitrogens with zero attached hydrogens (tertiary/aromatic N) is 2. The van der Waals surface area contributed by atoms with Crippen LogP contribution in [0, 0.1) is 6.92 Å². The van der Waals surface area contributed by atoms with Crippen molar-refractivity contribution in [2.45, 2.75) is 70.4 Å². The van der Waals surface area contributed by atoms with Gasteiger partial charge >= 0.3 is 0 Å². The van der Waals surface area contributed by atoms with Crippen LogP contribution < -0.4 is 10.6 Å². The number of hydrogen-bond acceptors (Lipinski definition) is 5. The predicted octanol–water partition coefficient (Wildman–Crippen LogP) is 4.16. The summed E-state index contributed by atoms with van der Waals surface area (Å²) in [7, 11) is 1.58. The topological polar surface area (TPSA) is 101 Å².